The monoisotopic (exact) mass is 266 g/mol. The third kappa shape index (κ3) is 3.07. The Morgan fingerprint density at radius 2 is 2.00 bits per heavy atom. The lowest BCUT2D eigenvalue weighted by Crippen LogP contribution is -2.18. The van der Waals surface area contributed by atoms with Crippen molar-refractivity contribution in [2.75, 3.05) is 0 Å². The Balaban J connectivity index is 1.66. The van der Waals surface area contributed by atoms with Gasteiger partial charge in [0.2, 0.25) is 0 Å². The zero-order chi connectivity index (χ0) is 13.8. The largest absolute Gasteiger partial charge is 0.306 e. The molecule has 104 valence electrons. The average molecular weight is 266 g/mol. The molecule has 0 saturated carbocycles. The van der Waals surface area contributed by atoms with Crippen molar-refractivity contribution < 1.29 is 0 Å². The Bertz CT molecular complexity index is 563. The molecule has 1 atom stereocenters. The number of nitrogens with one attached hydrogen (secondary N) is 1. The smallest absolute Gasteiger partial charge is 0.0312 e. The standard InChI is InChI=1S/C18H22N2/c1-14(20-13-15-5-4-10-19-12-15)17-9-8-16-6-2-3-7-18(16)11-17/h4-5,8-12,14,20H,2-3,6-7,13H2,1H3. The molecular weight excluding hydrogens is 244 g/mol. The van der Waals surface area contributed by atoms with E-state index in [4.69, 9.17) is 0 Å². The summed E-state index contributed by atoms with van der Waals surface area (Å²) in [7, 11) is 0. The second kappa shape index (κ2) is 6.19. The summed E-state index contributed by atoms with van der Waals surface area (Å²) in [5.41, 5.74) is 5.75. The maximum Gasteiger partial charge on any atom is 0.0312 e. The second-order valence-corrected chi connectivity index (χ2v) is 5.70. The van der Waals surface area contributed by atoms with Crippen LogP contribution >= 0.6 is 0 Å². The lowest BCUT2D eigenvalue weighted by atomic mass is 9.89. The summed E-state index contributed by atoms with van der Waals surface area (Å²) < 4.78 is 0. The molecule has 1 N–H and O–H groups in total. The van der Waals surface area contributed by atoms with Crippen molar-refractivity contribution in [3.63, 3.8) is 0 Å². The van der Waals surface area contributed by atoms with Crippen molar-refractivity contribution in [2.24, 2.45) is 0 Å². The first kappa shape index (κ1) is 13.3. The van der Waals surface area contributed by atoms with Crippen LogP contribution in [0.2, 0.25) is 0 Å². The molecule has 0 radical (unpaired) electrons. The topological polar surface area (TPSA) is 24.9 Å². The molecule has 0 aliphatic heterocycles. The quantitative estimate of drug-likeness (QED) is 0.910. The summed E-state index contributed by atoms with van der Waals surface area (Å²) >= 11 is 0. The number of hydrogen-bond acceptors (Lipinski definition) is 2. The van der Waals surface area contributed by atoms with Crippen LogP contribution in [0.3, 0.4) is 0 Å². The molecule has 2 heteroatoms. The fourth-order valence-corrected chi connectivity index (χ4v) is 2.91. The molecule has 3 rings (SSSR count). The molecule has 20 heavy (non-hydrogen) atoms. The highest BCUT2D eigenvalue weighted by Crippen LogP contribution is 2.24. The Hall–Kier alpha value is -1.67. The molecule has 1 aliphatic carbocycles. The van der Waals surface area contributed by atoms with Crippen LogP contribution in [0.5, 0.6) is 0 Å². The molecule has 2 aromatic rings. The van der Waals surface area contributed by atoms with Gasteiger partial charge < -0.3 is 5.32 Å². The van der Waals surface area contributed by atoms with Gasteiger partial charge in [0.1, 0.15) is 0 Å². The summed E-state index contributed by atoms with van der Waals surface area (Å²) in [6.45, 7) is 3.10. The Morgan fingerprint density at radius 1 is 1.15 bits per heavy atom. The van der Waals surface area contributed by atoms with Crippen molar-refractivity contribution in [1.29, 1.82) is 0 Å². The van der Waals surface area contributed by atoms with Gasteiger partial charge in [-0.1, -0.05) is 24.3 Å². The molecule has 0 amide bonds. The van der Waals surface area contributed by atoms with Crippen LogP contribution in [0.4, 0.5) is 0 Å². The molecule has 0 fully saturated rings. The predicted octanol–water partition coefficient (Wildman–Crippen LogP) is 3.81. The number of benzene rings is 1. The van der Waals surface area contributed by atoms with E-state index >= 15 is 0 Å². The lowest BCUT2D eigenvalue weighted by molar-refractivity contribution is 0.571. The minimum atomic E-state index is 0.377. The van der Waals surface area contributed by atoms with E-state index < -0.39 is 0 Å². The molecule has 1 heterocycles. The predicted molar refractivity (Wildman–Crippen MR) is 82.6 cm³/mol. The van der Waals surface area contributed by atoms with E-state index in [9.17, 15) is 0 Å². The highest BCUT2D eigenvalue weighted by molar-refractivity contribution is 5.35. The highest BCUT2D eigenvalue weighted by atomic mass is 14.9. The summed E-state index contributed by atoms with van der Waals surface area (Å²) in [4.78, 5) is 4.15. The summed E-state index contributed by atoms with van der Waals surface area (Å²) in [5.74, 6) is 0. The van der Waals surface area contributed by atoms with E-state index in [1.807, 2.05) is 18.5 Å². The van der Waals surface area contributed by atoms with Crippen LogP contribution in [0, 0.1) is 0 Å². The zero-order valence-electron chi connectivity index (χ0n) is 12.1. The Labute approximate surface area is 121 Å². The first-order chi connectivity index (χ1) is 9.83. The van der Waals surface area contributed by atoms with Crippen molar-refractivity contribution in [1.82, 2.24) is 10.3 Å². The van der Waals surface area contributed by atoms with Gasteiger partial charge in [0.25, 0.3) is 0 Å². The SMILES string of the molecule is CC(NCc1cccnc1)c1ccc2c(c1)CCCC2. The van der Waals surface area contributed by atoms with E-state index in [1.165, 1.54) is 36.8 Å². The average Bonchev–Trinajstić information content (AvgIpc) is 2.53. The van der Waals surface area contributed by atoms with Crippen LogP contribution in [-0.2, 0) is 19.4 Å². The van der Waals surface area contributed by atoms with E-state index in [0.29, 0.717) is 6.04 Å². The molecule has 0 spiro atoms. The van der Waals surface area contributed by atoms with Gasteiger partial charge in [-0.2, -0.15) is 0 Å². The number of rotatable bonds is 4. The van der Waals surface area contributed by atoms with Crippen LogP contribution in [0.25, 0.3) is 0 Å². The van der Waals surface area contributed by atoms with Crippen LogP contribution < -0.4 is 5.32 Å². The molecule has 1 unspecified atom stereocenters. The molecule has 0 saturated heterocycles. The van der Waals surface area contributed by atoms with Gasteiger partial charge in [0, 0.05) is 25.0 Å². The van der Waals surface area contributed by atoms with Crippen LogP contribution in [0.15, 0.2) is 42.7 Å². The summed E-state index contributed by atoms with van der Waals surface area (Å²) in [6, 6.07) is 11.5. The number of nitrogens with zero attached hydrogens (tertiary/aromatic N) is 1. The Morgan fingerprint density at radius 3 is 2.80 bits per heavy atom. The maximum absolute atomic E-state index is 4.15. The van der Waals surface area contributed by atoms with Crippen LogP contribution in [0.1, 0.15) is 48.1 Å². The van der Waals surface area contributed by atoms with E-state index in [1.54, 1.807) is 11.1 Å². The third-order valence-electron chi connectivity index (χ3n) is 4.21. The van der Waals surface area contributed by atoms with Crippen molar-refractivity contribution in [2.45, 2.75) is 45.2 Å². The maximum atomic E-state index is 4.15. The van der Waals surface area contributed by atoms with Crippen molar-refractivity contribution >= 4 is 0 Å². The summed E-state index contributed by atoms with van der Waals surface area (Å²) in [5, 5.41) is 3.58. The fraction of sp³-hybridized carbons (Fsp3) is 0.389. The van der Waals surface area contributed by atoms with Gasteiger partial charge in [-0.3, -0.25) is 4.98 Å². The first-order valence-corrected chi connectivity index (χ1v) is 7.57. The number of fused-ring (bicyclic) bond motifs is 1. The number of pyridine rings is 1. The molecule has 1 aliphatic rings. The molecule has 0 bridgehead atoms. The van der Waals surface area contributed by atoms with Gasteiger partial charge in [-0.05, 0) is 60.9 Å². The van der Waals surface area contributed by atoms with Gasteiger partial charge in [0.05, 0.1) is 0 Å². The normalized spacial score (nSPS) is 15.7. The van der Waals surface area contributed by atoms with Gasteiger partial charge in [-0.15, -0.1) is 0 Å². The molecule has 2 nitrogen and oxygen atoms in total. The minimum absolute atomic E-state index is 0.377. The Kier molecular flexibility index (Phi) is 4.12. The van der Waals surface area contributed by atoms with Crippen LogP contribution in [-0.4, -0.2) is 4.98 Å². The molecule has 1 aromatic carbocycles. The fourth-order valence-electron chi connectivity index (χ4n) is 2.91. The van der Waals surface area contributed by atoms with E-state index in [2.05, 4.69) is 41.5 Å². The summed E-state index contributed by atoms with van der Waals surface area (Å²) in [6.07, 6.45) is 8.93. The highest BCUT2D eigenvalue weighted by Gasteiger charge is 2.12. The van der Waals surface area contributed by atoms with E-state index in [0.717, 1.165) is 6.54 Å². The first-order valence-electron chi connectivity index (χ1n) is 7.57. The van der Waals surface area contributed by atoms with Crippen molar-refractivity contribution in [3.05, 3.63) is 65.0 Å². The van der Waals surface area contributed by atoms with Gasteiger partial charge in [-0.25, -0.2) is 0 Å². The number of hydrogen-bond donors (Lipinski definition) is 1. The lowest BCUT2D eigenvalue weighted by Gasteiger charge is -2.20. The van der Waals surface area contributed by atoms with Gasteiger partial charge >= 0.3 is 0 Å². The zero-order valence-corrected chi connectivity index (χ0v) is 12.1. The number of aromatic nitrogens is 1. The number of aryl methyl sites for hydroxylation is 2. The molecular formula is C18H22N2. The van der Waals surface area contributed by atoms with E-state index in [-0.39, 0.29) is 0 Å². The van der Waals surface area contributed by atoms with Gasteiger partial charge in [0.15, 0.2) is 0 Å². The third-order valence-corrected chi connectivity index (χ3v) is 4.21. The molecule has 1 aromatic heterocycles. The second-order valence-electron chi connectivity index (χ2n) is 5.70. The minimum Gasteiger partial charge on any atom is -0.306 e. The van der Waals surface area contributed by atoms with Crippen molar-refractivity contribution in [3.8, 4) is 0 Å².